The van der Waals surface area contributed by atoms with E-state index < -0.39 is 46.1 Å². The Morgan fingerprint density at radius 3 is 1.89 bits per heavy atom. The maximum Gasteiger partial charge on any atom is 0.573 e. The highest BCUT2D eigenvalue weighted by atomic mass is 32.2. The summed E-state index contributed by atoms with van der Waals surface area (Å²) in [6, 6.07) is 23.7. The van der Waals surface area contributed by atoms with E-state index >= 15 is 4.39 Å². The number of nitrogens with one attached hydrogen (secondary N) is 1. The van der Waals surface area contributed by atoms with Crippen molar-refractivity contribution in [2.45, 2.75) is 42.3 Å². The van der Waals surface area contributed by atoms with Crippen molar-refractivity contribution in [3.05, 3.63) is 114 Å². The van der Waals surface area contributed by atoms with Gasteiger partial charge < -0.3 is 19.6 Å². The van der Waals surface area contributed by atoms with Crippen molar-refractivity contribution in [2.24, 2.45) is 0 Å². The second kappa shape index (κ2) is 11.8. The fourth-order valence-electron chi connectivity index (χ4n) is 6.03. The Balaban J connectivity index is 1.39. The molecule has 0 unspecified atom stereocenters. The highest BCUT2D eigenvalue weighted by Crippen LogP contribution is 2.40. The Morgan fingerprint density at radius 1 is 0.773 bits per heavy atom. The molecule has 12 heteroatoms. The van der Waals surface area contributed by atoms with Crippen molar-refractivity contribution in [3.63, 3.8) is 0 Å². The Morgan fingerprint density at radius 2 is 1.32 bits per heavy atom. The summed E-state index contributed by atoms with van der Waals surface area (Å²) < 4.78 is 86.4. The monoisotopic (exact) mass is 627 g/mol. The number of halogens is 4. The van der Waals surface area contributed by atoms with Gasteiger partial charge in [0.2, 0.25) is 10.0 Å². The van der Waals surface area contributed by atoms with Crippen molar-refractivity contribution >= 4 is 27.1 Å². The van der Waals surface area contributed by atoms with Gasteiger partial charge in [0.1, 0.15) is 11.6 Å². The zero-order valence-corrected chi connectivity index (χ0v) is 24.1. The molecule has 0 aliphatic carbocycles. The van der Waals surface area contributed by atoms with Gasteiger partial charge in [0.15, 0.2) is 0 Å². The molecular weight excluding hydrogens is 598 g/mol. The molecule has 2 N–H and O–H groups in total. The summed E-state index contributed by atoms with van der Waals surface area (Å²) in [5, 5.41) is 11.9. The van der Waals surface area contributed by atoms with Crippen LogP contribution in [0.5, 0.6) is 5.75 Å². The molecule has 7 nitrogen and oxygen atoms in total. The van der Waals surface area contributed by atoms with Crippen LogP contribution in [0.25, 0.3) is 0 Å². The number of anilines is 3. The summed E-state index contributed by atoms with van der Waals surface area (Å²) in [6.07, 6.45) is -4.68. The maximum atomic E-state index is 15.1. The third-order valence-electron chi connectivity index (χ3n) is 8.00. The highest BCUT2D eigenvalue weighted by Gasteiger charge is 2.43. The number of alkyl halides is 3. The number of hydrogen-bond donors (Lipinski definition) is 2. The predicted octanol–water partition coefficient (Wildman–Crippen LogP) is 5.56. The van der Waals surface area contributed by atoms with E-state index in [1.165, 1.54) is 6.07 Å². The smallest absolute Gasteiger partial charge is 0.406 e. The number of aryl methyl sites for hydroxylation is 2. The first-order valence-corrected chi connectivity index (χ1v) is 15.5. The van der Waals surface area contributed by atoms with Crippen molar-refractivity contribution in [1.29, 1.82) is 0 Å². The molecule has 6 rings (SSSR count). The van der Waals surface area contributed by atoms with E-state index in [0.717, 1.165) is 59.6 Å². The molecule has 44 heavy (non-hydrogen) atoms. The van der Waals surface area contributed by atoms with Gasteiger partial charge in [-0.05, 0) is 72.5 Å². The van der Waals surface area contributed by atoms with Crippen LogP contribution in [0.15, 0.2) is 102 Å². The SMILES string of the molecule is O=S(=O)(N[C@@H]1CN(c2ccccc2F)C[C@H](N2c3ccccc3CCc3ccccc32)[C@H]1O)c1ccc(OC(F)(F)F)cc1. The minimum absolute atomic E-state index is 0.0652. The average molecular weight is 628 g/mol. The van der Waals surface area contributed by atoms with Gasteiger partial charge in [-0.1, -0.05) is 48.5 Å². The first kappa shape index (κ1) is 29.9. The number of sulfonamides is 1. The number of hydrogen-bond acceptors (Lipinski definition) is 6. The van der Waals surface area contributed by atoms with Gasteiger partial charge in [0, 0.05) is 24.5 Å². The fraction of sp³-hybridized carbons (Fsp3) is 0.250. The fourth-order valence-corrected chi connectivity index (χ4v) is 7.27. The Labute approximate surface area is 252 Å². The van der Waals surface area contributed by atoms with Gasteiger partial charge in [0.25, 0.3) is 0 Å². The standard InChI is InChI=1S/C32H29F4N3O4S/c33-25-9-3-6-12-29(25)38-19-26(37-44(41,42)24-17-15-23(16-18-24)43-32(34,35)36)31(40)30(20-38)39-27-10-4-1-7-21(27)13-14-22-8-2-5-11-28(22)39/h1-12,15-18,26,30-31,37,40H,13-14,19-20H2/t26-,30+,31+/m1/s1. The van der Waals surface area contributed by atoms with E-state index in [2.05, 4.69) is 9.46 Å². The van der Waals surface area contributed by atoms with E-state index in [9.17, 15) is 26.7 Å². The normalized spacial score (nSPS) is 20.4. The number of para-hydroxylation sites is 3. The molecule has 1 saturated heterocycles. The molecule has 0 amide bonds. The number of aliphatic hydroxyl groups excluding tert-OH is 1. The topological polar surface area (TPSA) is 82.1 Å². The number of rotatable bonds is 6. The summed E-state index contributed by atoms with van der Waals surface area (Å²) in [5.74, 6) is -1.07. The van der Waals surface area contributed by atoms with E-state index in [-0.39, 0.29) is 23.7 Å². The number of fused-ring (bicyclic) bond motifs is 2. The summed E-state index contributed by atoms with van der Waals surface area (Å²) in [6.45, 7) is 0.108. The summed E-state index contributed by atoms with van der Waals surface area (Å²) in [7, 11) is -4.34. The van der Waals surface area contributed by atoms with Gasteiger partial charge in [-0.25, -0.2) is 17.5 Å². The van der Waals surface area contributed by atoms with Crippen LogP contribution in [0.4, 0.5) is 34.6 Å². The Kier molecular flexibility index (Phi) is 7.99. The summed E-state index contributed by atoms with van der Waals surface area (Å²) in [4.78, 5) is 3.40. The van der Waals surface area contributed by atoms with Gasteiger partial charge >= 0.3 is 6.36 Å². The van der Waals surface area contributed by atoms with E-state index in [0.29, 0.717) is 0 Å². The third-order valence-corrected chi connectivity index (χ3v) is 9.50. The maximum absolute atomic E-state index is 15.1. The highest BCUT2D eigenvalue weighted by molar-refractivity contribution is 7.89. The van der Waals surface area contributed by atoms with Crippen molar-refractivity contribution in [3.8, 4) is 5.75 Å². The van der Waals surface area contributed by atoms with E-state index in [1.54, 1.807) is 23.1 Å². The zero-order valence-electron chi connectivity index (χ0n) is 23.3. The number of benzene rings is 4. The molecule has 2 heterocycles. The molecule has 2 aliphatic rings. The van der Waals surface area contributed by atoms with Crippen LogP contribution >= 0.6 is 0 Å². The van der Waals surface area contributed by atoms with Crippen LogP contribution in [0.1, 0.15) is 11.1 Å². The van der Waals surface area contributed by atoms with Crippen LogP contribution in [0.3, 0.4) is 0 Å². The summed E-state index contributed by atoms with van der Waals surface area (Å²) in [5.41, 5.74) is 4.07. The first-order valence-electron chi connectivity index (χ1n) is 14.0. The molecule has 0 radical (unpaired) electrons. The predicted molar refractivity (Wildman–Crippen MR) is 158 cm³/mol. The second-order valence-electron chi connectivity index (χ2n) is 10.8. The van der Waals surface area contributed by atoms with Gasteiger partial charge in [-0.3, -0.25) is 0 Å². The van der Waals surface area contributed by atoms with Crippen LogP contribution in [0.2, 0.25) is 0 Å². The van der Waals surface area contributed by atoms with Crippen molar-refractivity contribution in [1.82, 2.24) is 4.72 Å². The average Bonchev–Trinajstić information content (AvgIpc) is 3.15. The van der Waals surface area contributed by atoms with E-state index in [4.69, 9.17) is 0 Å². The largest absolute Gasteiger partial charge is 0.573 e. The molecule has 230 valence electrons. The lowest BCUT2D eigenvalue weighted by Crippen LogP contribution is -2.65. The molecule has 1 fully saturated rings. The lowest BCUT2D eigenvalue weighted by molar-refractivity contribution is -0.274. The molecule has 3 atom stereocenters. The molecule has 4 aromatic carbocycles. The molecule has 2 aliphatic heterocycles. The van der Waals surface area contributed by atoms with Crippen molar-refractivity contribution < 1.29 is 35.8 Å². The molecule has 4 aromatic rings. The number of piperidine rings is 1. The third kappa shape index (κ3) is 6.10. The Hall–Kier alpha value is -4.13. The number of nitrogens with zero attached hydrogens (tertiary/aromatic N) is 2. The van der Waals surface area contributed by atoms with Gasteiger partial charge in [0.05, 0.1) is 28.8 Å². The van der Waals surface area contributed by atoms with Crippen LogP contribution < -0.4 is 19.3 Å². The van der Waals surface area contributed by atoms with Crippen LogP contribution in [0, 0.1) is 5.82 Å². The van der Waals surface area contributed by atoms with Crippen LogP contribution in [-0.2, 0) is 22.9 Å². The minimum atomic E-state index is -4.93. The number of ether oxygens (including phenoxy) is 1. The minimum Gasteiger partial charge on any atom is -0.406 e. The second-order valence-corrected chi connectivity index (χ2v) is 12.5. The quantitative estimate of drug-likeness (QED) is 0.273. The van der Waals surface area contributed by atoms with Gasteiger partial charge in [-0.15, -0.1) is 13.2 Å². The molecule has 0 bridgehead atoms. The zero-order chi connectivity index (χ0) is 31.1. The molecular formula is C32H29F4N3O4S. The van der Waals surface area contributed by atoms with E-state index in [1.807, 2.05) is 53.4 Å². The lowest BCUT2D eigenvalue weighted by atomic mass is 9.94. The van der Waals surface area contributed by atoms with Crippen molar-refractivity contribution in [2.75, 3.05) is 22.9 Å². The first-order chi connectivity index (χ1) is 21.0. The van der Waals surface area contributed by atoms with Gasteiger partial charge in [-0.2, -0.15) is 0 Å². The lowest BCUT2D eigenvalue weighted by Gasteiger charge is -2.48. The molecule has 0 aromatic heterocycles. The molecule has 0 spiro atoms. The summed E-state index contributed by atoms with van der Waals surface area (Å²) >= 11 is 0. The Bertz CT molecular complexity index is 1700. The van der Waals surface area contributed by atoms with Crippen LogP contribution in [-0.4, -0.2) is 51.2 Å². The number of aliphatic hydroxyl groups is 1. The molecule has 0 saturated carbocycles.